The van der Waals surface area contributed by atoms with Gasteiger partial charge in [-0.3, -0.25) is 4.79 Å². The fourth-order valence-electron chi connectivity index (χ4n) is 1.08. The van der Waals surface area contributed by atoms with E-state index in [0.717, 1.165) is 5.56 Å². The Kier molecular flexibility index (Phi) is 4.05. The molecule has 0 radical (unpaired) electrons. The monoisotopic (exact) mass is 227 g/mol. The number of nitrogens with one attached hydrogen (secondary N) is 1. The molecule has 1 aromatic rings. The minimum absolute atomic E-state index is 0.240. The van der Waals surface area contributed by atoms with Gasteiger partial charge in [0, 0.05) is 6.20 Å². The number of pyridine rings is 1. The third-order valence-corrected chi connectivity index (χ3v) is 2.42. The molecule has 5 heteroatoms. The molecule has 1 aromatic heterocycles. The summed E-state index contributed by atoms with van der Waals surface area (Å²) in [6.45, 7) is 3.70. The lowest BCUT2D eigenvalue weighted by Crippen LogP contribution is -2.35. The number of hydrogen-bond donors (Lipinski definition) is 2. The van der Waals surface area contributed by atoms with Gasteiger partial charge in [0.1, 0.15) is 0 Å². The van der Waals surface area contributed by atoms with Crippen LogP contribution in [0.4, 0.5) is 5.69 Å². The zero-order valence-corrected chi connectivity index (χ0v) is 9.51. The van der Waals surface area contributed by atoms with Gasteiger partial charge >= 0.3 is 0 Å². The first-order valence-corrected chi connectivity index (χ1v) is 5.11. The van der Waals surface area contributed by atoms with Crippen molar-refractivity contribution in [3.05, 3.63) is 23.0 Å². The minimum Gasteiger partial charge on any atom is -0.322 e. The maximum absolute atomic E-state index is 11.5. The smallest absolute Gasteiger partial charge is 0.241 e. The number of carbonyl (C=O) groups excluding carboxylic acids is 1. The Morgan fingerprint density at radius 3 is 2.93 bits per heavy atom. The van der Waals surface area contributed by atoms with Crippen LogP contribution in [0.2, 0.25) is 5.15 Å². The van der Waals surface area contributed by atoms with Gasteiger partial charge in [0.25, 0.3) is 0 Å². The SMILES string of the molecule is CCC(N)C(=O)Nc1c(C)ccnc1Cl. The van der Waals surface area contributed by atoms with E-state index in [1.165, 1.54) is 0 Å². The Morgan fingerprint density at radius 2 is 2.40 bits per heavy atom. The van der Waals surface area contributed by atoms with Crippen LogP contribution in [0.25, 0.3) is 0 Å². The van der Waals surface area contributed by atoms with Crippen molar-refractivity contribution in [2.24, 2.45) is 5.73 Å². The molecule has 1 heterocycles. The highest BCUT2D eigenvalue weighted by molar-refractivity contribution is 6.32. The molecule has 15 heavy (non-hydrogen) atoms. The fraction of sp³-hybridized carbons (Fsp3) is 0.400. The zero-order valence-electron chi connectivity index (χ0n) is 8.75. The summed E-state index contributed by atoms with van der Waals surface area (Å²) >= 11 is 5.85. The molecule has 0 saturated carbocycles. The number of anilines is 1. The van der Waals surface area contributed by atoms with E-state index in [0.29, 0.717) is 12.1 Å². The van der Waals surface area contributed by atoms with Crippen molar-refractivity contribution in [3.63, 3.8) is 0 Å². The van der Waals surface area contributed by atoms with Gasteiger partial charge in [-0.2, -0.15) is 0 Å². The second-order valence-electron chi connectivity index (χ2n) is 3.30. The lowest BCUT2D eigenvalue weighted by molar-refractivity contribution is -0.117. The number of halogens is 1. The van der Waals surface area contributed by atoms with Crippen LogP contribution in [-0.2, 0) is 4.79 Å². The zero-order chi connectivity index (χ0) is 11.4. The van der Waals surface area contributed by atoms with Gasteiger partial charge in [-0.1, -0.05) is 18.5 Å². The third-order valence-electron chi connectivity index (χ3n) is 2.14. The van der Waals surface area contributed by atoms with Gasteiger partial charge < -0.3 is 11.1 Å². The van der Waals surface area contributed by atoms with Crippen molar-refractivity contribution in [3.8, 4) is 0 Å². The molecule has 0 fully saturated rings. The Morgan fingerprint density at radius 1 is 1.73 bits per heavy atom. The first kappa shape index (κ1) is 11.9. The van der Waals surface area contributed by atoms with E-state index >= 15 is 0 Å². The van der Waals surface area contributed by atoms with Crippen LogP contribution in [0.3, 0.4) is 0 Å². The molecular formula is C10H14ClN3O. The molecule has 3 N–H and O–H groups in total. The fourth-order valence-corrected chi connectivity index (χ4v) is 1.33. The molecule has 1 atom stereocenters. The lowest BCUT2D eigenvalue weighted by atomic mass is 10.2. The van der Waals surface area contributed by atoms with Crippen molar-refractivity contribution >= 4 is 23.2 Å². The Balaban J connectivity index is 2.85. The van der Waals surface area contributed by atoms with Crippen LogP contribution in [-0.4, -0.2) is 16.9 Å². The van der Waals surface area contributed by atoms with E-state index in [-0.39, 0.29) is 11.1 Å². The molecule has 0 aromatic carbocycles. The van der Waals surface area contributed by atoms with Crippen LogP contribution in [0.1, 0.15) is 18.9 Å². The van der Waals surface area contributed by atoms with E-state index in [1.807, 2.05) is 13.8 Å². The van der Waals surface area contributed by atoms with Crippen molar-refractivity contribution in [1.29, 1.82) is 0 Å². The van der Waals surface area contributed by atoms with Gasteiger partial charge in [0.2, 0.25) is 5.91 Å². The van der Waals surface area contributed by atoms with E-state index in [4.69, 9.17) is 17.3 Å². The summed E-state index contributed by atoms with van der Waals surface area (Å²) in [4.78, 5) is 15.4. The molecule has 0 aliphatic rings. The molecule has 4 nitrogen and oxygen atoms in total. The van der Waals surface area contributed by atoms with Crippen LogP contribution >= 0.6 is 11.6 Å². The Bertz CT molecular complexity index is 347. The standard InChI is InChI=1S/C10H14ClN3O/c1-3-7(12)10(15)14-8-6(2)4-5-13-9(8)11/h4-5,7H,3,12H2,1-2H3,(H,14,15). The van der Waals surface area contributed by atoms with Gasteiger partial charge in [-0.15, -0.1) is 0 Å². The van der Waals surface area contributed by atoms with Crippen LogP contribution in [0.15, 0.2) is 12.3 Å². The second-order valence-corrected chi connectivity index (χ2v) is 3.66. The van der Waals surface area contributed by atoms with Crippen molar-refractivity contribution in [1.82, 2.24) is 4.98 Å². The van der Waals surface area contributed by atoms with Crippen LogP contribution in [0.5, 0.6) is 0 Å². The number of nitrogens with two attached hydrogens (primary N) is 1. The number of hydrogen-bond acceptors (Lipinski definition) is 3. The molecule has 82 valence electrons. The van der Waals surface area contributed by atoms with E-state index < -0.39 is 6.04 Å². The number of aryl methyl sites for hydroxylation is 1. The van der Waals surface area contributed by atoms with E-state index in [1.54, 1.807) is 12.3 Å². The van der Waals surface area contributed by atoms with Crippen molar-refractivity contribution < 1.29 is 4.79 Å². The third kappa shape index (κ3) is 2.91. The summed E-state index contributed by atoms with van der Waals surface area (Å²) in [7, 11) is 0. The van der Waals surface area contributed by atoms with Gasteiger partial charge in [-0.05, 0) is 25.0 Å². The molecule has 1 unspecified atom stereocenters. The van der Waals surface area contributed by atoms with Gasteiger partial charge in [0.05, 0.1) is 11.7 Å². The number of aromatic nitrogens is 1. The average Bonchev–Trinajstić information content (AvgIpc) is 2.22. The molecule has 0 aliphatic heterocycles. The number of amides is 1. The number of nitrogens with zero attached hydrogens (tertiary/aromatic N) is 1. The highest BCUT2D eigenvalue weighted by Gasteiger charge is 2.14. The molecule has 0 bridgehead atoms. The summed E-state index contributed by atoms with van der Waals surface area (Å²) in [5.74, 6) is -0.240. The quantitative estimate of drug-likeness (QED) is 0.773. The van der Waals surface area contributed by atoms with E-state index in [2.05, 4.69) is 10.3 Å². The molecule has 0 saturated heterocycles. The van der Waals surface area contributed by atoms with Crippen LogP contribution < -0.4 is 11.1 Å². The first-order chi connectivity index (χ1) is 7.06. The molecular weight excluding hydrogens is 214 g/mol. The van der Waals surface area contributed by atoms with Crippen molar-refractivity contribution in [2.75, 3.05) is 5.32 Å². The summed E-state index contributed by atoms with van der Waals surface area (Å²) in [5.41, 5.74) is 6.99. The molecule has 0 spiro atoms. The summed E-state index contributed by atoms with van der Waals surface area (Å²) < 4.78 is 0. The highest BCUT2D eigenvalue weighted by Crippen LogP contribution is 2.22. The number of carbonyl (C=O) groups is 1. The van der Waals surface area contributed by atoms with Gasteiger partial charge in [0.15, 0.2) is 5.15 Å². The Hall–Kier alpha value is -1.13. The normalized spacial score (nSPS) is 12.3. The summed E-state index contributed by atoms with van der Waals surface area (Å²) in [5, 5.41) is 2.95. The molecule has 0 aliphatic carbocycles. The summed E-state index contributed by atoms with van der Waals surface area (Å²) in [6, 6.07) is 1.26. The second kappa shape index (κ2) is 5.09. The largest absolute Gasteiger partial charge is 0.322 e. The maximum atomic E-state index is 11.5. The minimum atomic E-state index is -0.513. The Labute approximate surface area is 93.8 Å². The van der Waals surface area contributed by atoms with Crippen molar-refractivity contribution in [2.45, 2.75) is 26.3 Å². The maximum Gasteiger partial charge on any atom is 0.241 e. The number of rotatable bonds is 3. The van der Waals surface area contributed by atoms with Crippen LogP contribution in [0, 0.1) is 6.92 Å². The van der Waals surface area contributed by atoms with E-state index in [9.17, 15) is 4.79 Å². The lowest BCUT2D eigenvalue weighted by Gasteiger charge is -2.12. The molecule has 1 amide bonds. The predicted octanol–water partition coefficient (Wildman–Crippen LogP) is 1.72. The predicted molar refractivity (Wildman–Crippen MR) is 60.9 cm³/mol. The highest BCUT2D eigenvalue weighted by atomic mass is 35.5. The molecule has 1 rings (SSSR count). The summed E-state index contributed by atoms with van der Waals surface area (Å²) in [6.07, 6.45) is 2.18. The first-order valence-electron chi connectivity index (χ1n) is 4.73. The topological polar surface area (TPSA) is 68.0 Å². The van der Waals surface area contributed by atoms with Gasteiger partial charge in [-0.25, -0.2) is 4.98 Å². The average molecular weight is 228 g/mol.